The molecule has 1 aromatic heterocycles. The van der Waals surface area contributed by atoms with E-state index in [1.807, 2.05) is 7.05 Å². The number of nitrogens with zero attached hydrogens (tertiary/aromatic N) is 3. The van der Waals surface area contributed by atoms with Gasteiger partial charge in [0.2, 0.25) is 5.82 Å². The average molecular weight is 179 g/mol. The average Bonchev–Trinajstić information content (AvgIpc) is 2.30. The van der Waals surface area contributed by atoms with Crippen LogP contribution in [0.25, 0.3) is 0 Å². The van der Waals surface area contributed by atoms with Crippen molar-refractivity contribution in [3.8, 4) is 11.5 Å². The predicted octanol–water partition coefficient (Wildman–Crippen LogP) is 1.04. The van der Waals surface area contributed by atoms with Crippen LogP contribution in [-0.4, -0.2) is 22.8 Å². The van der Waals surface area contributed by atoms with Crippen LogP contribution in [0.3, 0.4) is 0 Å². The molecular formula is C8H13N3Si. The van der Waals surface area contributed by atoms with Gasteiger partial charge in [-0.2, -0.15) is 0 Å². The minimum atomic E-state index is -1.28. The first kappa shape index (κ1) is 9.01. The maximum Gasteiger partial charge on any atom is 0.224 e. The zero-order valence-corrected chi connectivity index (χ0v) is 8.92. The Morgan fingerprint density at radius 2 is 2.08 bits per heavy atom. The van der Waals surface area contributed by atoms with E-state index in [-0.39, 0.29) is 0 Å². The molecule has 0 radical (unpaired) electrons. The second-order valence-corrected chi connectivity index (χ2v) is 8.49. The minimum absolute atomic E-state index is 0.625. The molecule has 0 bridgehead atoms. The maximum absolute atomic E-state index is 4.07. The van der Waals surface area contributed by atoms with Gasteiger partial charge < -0.3 is 0 Å². The van der Waals surface area contributed by atoms with Crippen LogP contribution in [0.15, 0.2) is 6.33 Å². The molecule has 0 aliphatic rings. The molecule has 64 valence electrons. The third-order valence-corrected chi connectivity index (χ3v) is 2.02. The minimum Gasteiger partial charge on any atom is -0.255 e. The van der Waals surface area contributed by atoms with Gasteiger partial charge in [0.05, 0.1) is 0 Å². The monoisotopic (exact) mass is 179 g/mol. The second kappa shape index (κ2) is 3.11. The van der Waals surface area contributed by atoms with Gasteiger partial charge in [-0.05, 0) is 5.92 Å². The molecule has 3 nitrogen and oxygen atoms in total. The van der Waals surface area contributed by atoms with Crippen LogP contribution >= 0.6 is 0 Å². The molecule has 4 heteroatoms. The topological polar surface area (TPSA) is 30.7 Å². The summed E-state index contributed by atoms with van der Waals surface area (Å²) in [6, 6.07) is 0. The van der Waals surface area contributed by atoms with E-state index in [1.165, 1.54) is 0 Å². The fourth-order valence-electron chi connectivity index (χ4n) is 0.640. The molecular weight excluding hydrogens is 166 g/mol. The van der Waals surface area contributed by atoms with Gasteiger partial charge in [0.1, 0.15) is 14.4 Å². The van der Waals surface area contributed by atoms with Crippen LogP contribution in [0.2, 0.25) is 19.6 Å². The molecule has 0 fully saturated rings. The molecule has 1 rings (SSSR count). The number of rotatable bonds is 0. The summed E-state index contributed by atoms with van der Waals surface area (Å²) in [6.45, 7) is 6.59. The van der Waals surface area contributed by atoms with E-state index in [0.717, 1.165) is 0 Å². The molecule has 0 unspecified atom stereocenters. The lowest BCUT2D eigenvalue weighted by atomic mass is 10.7. The van der Waals surface area contributed by atoms with Gasteiger partial charge in [0, 0.05) is 7.05 Å². The second-order valence-electron chi connectivity index (χ2n) is 3.74. The SMILES string of the molecule is Cn1cnc(C#C[Si](C)(C)C)n1. The molecule has 0 spiro atoms. The molecule has 0 saturated carbocycles. The van der Waals surface area contributed by atoms with Crippen molar-refractivity contribution < 1.29 is 0 Å². The van der Waals surface area contributed by atoms with Gasteiger partial charge in [-0.1, -0.05) is 19.6 Å². The first-order valence-electron chi connectivity index (χ1n) is 3.86. The van der Waals surface area contributed by atoms with Crippen molar-refractivity contribution in [3.05, 3.63) is 12.2 Å². The Balaban J connectivity index is 2.80. The zero-order chi connectivity index (χ0) is 9.19. The summed E-state index contributed by atoms with van der Waals surface area (Å²) < 4.78 is 1.66. The van der Waals surface area contributed by atoms with E-state index >= 15 is 0 Å². The molecule has 1 heterocycles. The molecule has 0 N–H and O–H groups in total. The van der Waals surface area contributed by atoms with Crippen LogP contribution in [0.5, 0.6) is 0 Å². The summed E-state index contributed by atoms with van der Waals surface area (Å²) in [4.78, 5) is 4.02. The van der Waals surface area contributed by atoms with Gasteiger partial charge in [-0.25, -0.2) is 4.98 Å². The van der Waals surface area contributed by atoms with E-state index in [9.17, 15) is 0 Å². The Labute approximate surface area is 73.8 Å². The van der Waals surface area contributed by atoms with Crippen LogP contribution < -0.4 is 0 Å². The number of hydrogen-bond donors (Lipinski definition) is 0. The summed E-state index contributed by atoms with van der Waals surface area (Å²) >= 11 is 0. The van der Waals surface area contributed by atoms with Crippen molar-refractivity contribution in [2.75, 3.05) is 0 Å². The highest BCUT2D eigenvalue weighted by Crippen LogP contribution is 1.97. The van der Waals surface area contributed by atoms with Gasteiger partial charge >= 0.3 is 0 Å². The number of aromatic nitrogens is 3. The Kier molecular flexibility index (Phi) is 2.34. The van der Waals surface area contributed by atoms with E-state index < -0.39 is 8.07 Å². The van der Waals surface area contributed by atoms with E-state index in [4.69, 9.17) is 0 Å². The van der Waals surface area contributed by atoms with Crippen LogP contribution in [-0.2, 0) is 7.05 Å². The highest BCUT2D eigenvalue weighted by Gasteiger charge is 2.07. The van der Waals surface area contributed by atoms with Crippen molar-refractivity contribution in [2.24, 2.45) is 7.05 Å². The summed E-state index contributed by atoms with van der Waals surface area (Å²) in [5, 5.41) is 4.07. The van der Waals surface area contributed by atoms with Gasteiger partial charge in [-0.3, -0.25) is 4.68 Å². The van der Waals surface area contributed by atoms with Gasteiger partial charge in [0.25, 0.3) is 0 Å². The molecule has 0 aliphatic carbocycles. The summed E-state index contributed by atoms with van der Waals surface area (Å²) in [7, 11) is 0.559. The third-order valence-electron chi connectivity index (χ3n) is 1.15. The Morgan fingerprint density at radius 3 is 2.50 bits per heavy atom. The first-order chi connectivity index (χ1) is 5.47. The van der Waals surface area contributed by atoms with Crippen molar-refractivity contribution >= 4 is 8.07 Å². The highest BCUT2D eigenvalue weighted by atomic mass is 28.3. The lowest BCUT2D eigenvalue weighted by Gasteiger charge is -2.02. The maximum atomic E-state index is 4.07. The number of hydrogen-bond acceptors (Lipinski definition) is 2. The molecule has 1 aromatic rings. The Hall–Kier alpha value is -1.08. The third kappa shape index (κ3) is 2.89. The van der Waals surface area contributed by atoms with Crippen LogP contribution in [0.4, 0.5) is 0 Å². The van der Waals surface area contributed by atoms with Crippen molar-refractivity contribution in [2.45, 2.75) is 19.6 Å². The summed E-state index contributed by atoms with van der Waals surface area (Å²) in [5.74, 6) is 3.60. The molecule has 0 aromatic carbocycles. The van der Waals surface area contributed by atoms with Crippen molar-refractivity contribution in [3.63, 3.8) is 0 Å². The Morgan fingerprint density at radius 1 is 1.42 bits per heavy atom. The highest BCUT2D eigenvalue weighted by molar-refractivity contribution is 6.83. The van der Waals surface area contributed by atoms with Crippen molar-refractivity contribution in [1.82, 2.24) is 14.8 Å². The quantitative estimate of drug-likeness (QED) is 0.440. The molecule has 0 atom stereocenters. The largest absolute Gasteiger partial charge is 0.255 e. The summed E-state index contributed by atoms with van der Waals surface area (Å²) in [6.07, 6.45) is 1.66. The van der Waals surface area contributed by atoms with Crippen LogP contribution in [0.1, 0.15) is 5.82 Å². The zero-order valence-electron chi connectivity index (χ0n) is 7.92. The lowest BCUT2D eigenvalue weighted by Crippen LogP contribution is -2.16. The predicted molar refractivity (Wildman–Crippen MR) is 51.2 cm³/mol. The van der Waals surface area contributed by atoms with Crippen molar-refractivity contribution in [1.29, 1.82) is 0 Å². The normalized spacial score (nSPS) is 10.7. The molecule has 0 aliphatic heterocycles. The summed E-state index contributed by atoms with van der Waals surface area (Å²) in [5.41, 5.74) is 3.20. The molecule has 0 saturated heterocycles. The molecule has 12 heavy (non-hydrogen) atoms. The Bertz CT molecular complexity index is 324. The van der Waals surface area contributed by atoms with E-state index in [0.29, 0.717) is 5.82 Å². The van der Waals surface area contributed by atoms with Gasteiger partial charge in [0.15, 0.2) is 0 Å². The number of aryl methyl sites for hydroxylation is 1. The lowest BCUT2D eigenvalue weighted by molar-refractivity contribution is 0.762. The van der Waals surface area contributed by atoms with E-state index in [2.05, 4.69) is 41.2 Å². The standard InChI is InChI=1S/C8H13N3Si/c1-11-7-9-8(10-11)5-6-12(2,3)4/h7H,1-4H3. The fraction of sp³-hybridized carbons (Fsp3) is 0.500. The van der Waals surface area contributed by atoms with Crippen LogP contribution in [0, 0.1) is 11.5 Å². The molecule has 0 amide bonds. The fourth-order valence-corrected chi connectivity index (χ4v) is 1.13. The van der Waals surface area contributed by atoms with Gasteiger partial charge in [-0.15, -0.1) is 10.6 Å². The smallest absolute Gasteiger partial charge is 0.224 e. The van der Waals surface area contributed by atoms with E-state index in [1.54, 1.807) is 11.0 Å². The first-order valence-corrected chi connectivity index (χ1v) is 7.36.